The summed E-state index contributed by atoms with van der Waals surface area (Å²) in [6.07, 6.45) is 1.23. The summed E-state index contributed by atoms with van der Waals surface area (Å²) in [5.74, 6) is -1.29. The molecule has 2 aliphatic rings. The summed E-state index contributed by atoms with van der Waals surface area (Å²) < 4.78 is 39.5. The minimum Gasteiger partial charge on any atom is -0.479 e. The van der Waals surface area contributed by atoms with E-state index in [-0.39, 0.29) is 12.3 Å². The zero-order chi connectivity index (χ0) is 14.7. The Morgan fingerprint density at radius 1 is 1.50 bits per heavy atom. The van der Waals surface area contributed by atoms with Gasteiger partial charge in [-0.15, -0.1) is 4.28 Å². The van der Waals surface area contributed by atoms with Crippen LogP contribution in [-0.2, 0) is 19.5 Å². The van der Waals surface area contributed by atoms with Crippen molar-refractivity contribution < 1.29 is 36.4 Å². The molecule has 3 heterocycles. The van der Waals surface area contributed by atoms with Crippen molar-refractivity contribution >= 4 is 22.4 Å². The van der Waals surface area contributed by atoms with E-state index in [9.17, 15) is 23.1 Å². The average molecular weight is 304 g/mol. The molecule has 2 aliphatic heterocycles. The van der Waals surface area contributed by atoms with Crippen molar-refractivity contribution in [2.75, 3.05) is 6.54 Å². The number of aliphatic carboxylic acids is 1. The second kappa shape index (κ2) is 3.94. The monoisotopic (exact) mass is 304 g/mol. The Hall–Kier alpha value is -2.11. The van der Waals surface area contributed by atoms with Crippen LogP contribution in [-0.4, -0.2) is 46.6 Å². The van der Waals surface area contributed by atoms with Gasteiger partial charge in [-0.3, -0.25) is 9.45 Å². The first kappa shape index (κ1) is 12.9. The van der Waals surface area contributed by atoms with Gasteiger partial charge in [0.05, 0.1) is 12.8 Å². The number of amides is 2. The summed E-state index contributed by atoms with van der Waals surface area (Å²) in [5.41, 5.74) is 0.322. The Bertz CT molecular complexity index is 695. The van der Waals surface area contributed by atoms with Crippen LogP contribution < -0.4 is 0 Å². The Labute approximate surface area is 112 Å². The largest absolute Gasteiger partial charge is 0.479 e. The van der Waals surface area contributed by atoms with Gasteiger partial charge in [0.2, 0.25) is 0 Å². The van der Waals surface area contributed by atoms with Crippen LogP contribution in [0.5, 0.6) is 0 Å². The van der Waals surface area contributed by atoms with Gasteiger partial charge in [-0.1, -0.05) is 0 Å². The van der Waals surface area contributed by atoms with E-state index in [1.54, 1.807) is 0 Å². The molecular weight excluding hydrogens is 296 g/mol. The second-order valence-corrected chi connectivity index (χ2v) is 5.26. The van der Waals surface area contributed by atoms with Crippen molar-refractivity contribution in [2.24, 2.45) is 0 Å². The molecule has 1 aromatic rings. The van der Waals surface area contributed by atoms with Crippen LogP contribution in [0.2, 0.25) is 0 Å². The zero-order valence-corrected chi connectivity index (χ0v) is 10.5. The van der Waals surface area contributed by atoms with Gasteiger partial charge in [0.1, 0.15) is 11.8 Å². The SMILES string of the molecule is O=C(O)C1c2occc2[C@H]2CN1C(=O)N2OS(=O)(=O)O. The summed E-state index contributed by atoms with van der Waals surface area (Å²) in [4.78, 5) is 24.1. The molecule has 1 unspecified atom stereocenters. The number of carbonyl (C=O) groups excluding carboxylic acids is 1. The zero-order valence-electron chi connectivity index (χ0n) is 9.66. The van der Waals surface area contributed by atoms with Crippen LogP contribution in [0.4, 0.5) is 4.79 Å². The van der Waals surface area contributed by atoms with Gasteiger partial charge in [-0.25, -0.2) is 9.59 Å². The van der Waals surface area contributed by atoms with Crippen molar-refractivity contribution in [3.63, 3.8) is 0 Å². The maximum absolute atomic E-state index is 12.0. The molecule has 10 nitrogen and oxygen atoms in total. The van der Waals surface area contributed by atoms with Gasteiger partial charge < -0.3 is 9.52 Å². The standard InChI is InChI=1S/C9H8N2O8S/c12-8(13)6-7-4(1-2-18-7)5-3-10(6)9(14)11(5)19-20(15,16)17/h1-2,5-6H,3H2,(H,12,13)(H,15,16,17)/t5-,6?/m1/s1. The highest BCUT2D eigenvalue weighted by atomic mass is 32.3. The lowest BCUT2D eigenvalue weighted by molar-refractivity contribution is -0.143. The van der Waals surface area contributed by atoms with Gasteiger partial charge in [0.15, 0.2) is 6.04 Å². The van der Waals surface area contributed by atoms with Crippen LogP contribution in [0.1, 0.15) is 23.4 Å². The molecule has 1 saturated heterocycles. The Morgan fingerprint density at radius 2 is 2.20 bits per heavy atom. The predicted octanol–water partition coefficient (Wildman–Crippen LogP) is -0.0680. The molecule has 2 atom stereocenters. The number of rotatable bonds is 3. The Kier molecular flexibility index (Phi) is 2.54. The third kappa shape index (κ3) is 1.75. The number of carboxylic acids is 1. The number of hydroxylamine groups is 2. The molecule has 0 radical (unpaired) electrons. The molecule has 0 aliphatic carbocycles. The molecule has 2 N–H and O–H groups in total. The smallest absolute Gasteiger partial charge is 0.418 e. The molecule has 11 heteroatoms. The molecule has 0 aromatic carbocycles. The van der Waals surface area contributed by atoms with Crippen molar-refractivity contribution in [3.05, 3.63) is 23.7 Å². The van der Waals surface area contributed by atoms with Gasteiger partial charge in [0, 0.05) is 5.56 Å². The number of fused-ring (bicyclic) bond motifs is 4. The van der Waals surface area contributed by atoms with Crippen molar-refractivity contribution in [1.82, 2.24) is 9.96 Å². The summed E-state index contributed by atoms with van der Waals surface area (Å²) in [7, 11) is -4.90. The first-order valence-corrected chi connectivity index (χ1v) is 6.73. The summed E-state index contributed by atoms with van der Waals surface area (Å²) >= 11 is 0. The van der Waals surface area contributed by atoms with Gasteiger partial charge in [-0.05, 0) is 6.07 Å². The van der Waals surface area contributed by atoms with E-state index < -0.39 is 34.5 Å². The topological polar surface area (TPSA) is 138 Å². The normalized spacial score (nSPS) is 24.9. The van der Waals surface area contributed by atoms with Gasteiger partial charge >= 0.3 is 22.4 Å². The summed E-state index contributed by atoms with van der Waals surface area (Å²) in [6.45, 7) is -0.0855. The molecule has 20 heavy (non-hydrogen) atoms. The van der Waals surface area contributed by atoms with E-state index in [0.29, 0.717) is 10.6 Å². The van der Waals surface area contributed by atoms with Gasteiger partial charge in [0.25, 0.3) is 0 Å². The first-order chi connectivity index (χ1) is 9.29. The highest BCUT2D eigenvalue weighted by Gasteiger charge is 2.53. The molecule has 1 aromatic heterocycles. The lowest BCUT2D eigenvalue weighted by Crippen LogP contribution is -2.38. The van der Waals surface area contributed by atoms with Crippen LogP contribution in [0.15, 0.2) is 16.7 Å². The molecule has 108 valence electrons. The lowest BCUT2D eigenvalue weighted by atomic mass is 9.99. The maximum atomic E-state index is 12.0. The Balaban J connectivity index is 2.07. The third-order valence-corrected chi connectivity index (χ3v) is 3.49. The van der Waals surface area contributed by atoms with E-state index in [4.69, 9.17) is 8.97 Å². The predicted molar refractivity (Wildman–Crippen MR) is 58.4 cm³/mol. The van der Waals surface area contributed by atoms with Gasteiger partial charge in [-0.2, -0.15) is 13.5 Å². The quantitative estimate of drug-likeness (QED) is 0.740. The van der Waals surface area contributed by atoms with Crippen molar-refractivity contribution in [1.29, 1.82) is 0 Å². The average Bonchev–Trinajstić information content (AvgIpc) is 2.88. The highest BCUT2D eigenvalue weighted by molar-refractivity contribution is 7.80. The number of nitrogens with zero attached hydrogens (tertiary/aromatic N) is 2. The molecule has 2 bridgehead atoms. The second-order valence-electron chi connectivity index (χ2n) is 4.26. The molecule has 2 amide bonds. The van der Waals surface area contributed by atoms with Crippen LogP contribution >= 0.6 is 0 Å². The number of furan rings is 1. The summed E-state index contributed by atoms with van der Waals surface area (Å²) in [5, 5.41) is 9.60. The first-order valence-electron chi connectivity index (χ1n) is 5.36. The fourth-order valence-electron chi connectivity index (χ4n) is 2.44. The third-order valence-electron chi connectivity index (χ3n) is 3.14. The number of hydrogen-bond acceptors (Lipinski definition) is 6. The van der Waals surface area contributed by atoms with Crippen molar-refractivity contribution in [3.8, 4) is 0 Å². The van der Waals surface area contributed by atoms with Crippen LogP contribution in [0.3, 0.4) is 0 Å². The van der Waals surface area contributed by atoms with E-state index in [1.165, 1.54) is 12.3 Å². The van der Waals surface area contributed by atoms with E-state index in [1.807, 2.05) is 0 Å². The fourth-order valence-corrected chi connectivity index (χ4v) is 2.81. The van der Waals surface area contributed by atoms with E-state index >= 15 is 0 Å². The van der Waals surface area contributed by atoms with E-state index in [2.05, 4.69) is 4.28 Å². The minimum atomic E-state index is -4.90. The maximum Gasteiger partial charge on any atom is 0.418 e. The molecule has 0 saturated carbocycles. The molecule has 0 spiro atoms. The summed E-state index contributed by atoms with van der Waals surface area (Å²) in [6, 6.07) is -1.79. The lowest BCUT2D eigenvalue weighted by Gasteiger charge is -2.25. The van der Waals surface area contributed by atoms with Crippen LogP contribution in [0.25, 0.3) is 0 Å². The minimum absolute atomic E-state index is 0.0311. The Morgan fingerprint density at radius 3 is 2.80 bits per heavy atom. The molecule has 1 fully saturated rings. The molecule has 3 rings (SSSR count). The van der Waals surface area contributed by atoms with Crippen LogP contribution in [0, 0.1) is 0 Å². The number of carboxylic acid groups (broad SMARTS) is 1. The van der Waals surface area contributed by atoms with Crippen molar-refractivity contribution in [2.45, 2.75) is 12.1 Å². The fraction of sp³-hybridized carbons (Fsp3) is 0.333. The number of carbonyl (C=O) groups is 2. The highest BCUT2D eigenvalue weighted by Crippen LogP contribution is 2.44. The van der Waals surface area contributed by atoms with E-state index in [0.717, 1.165) is 4.90 Å². The molecular formula is C9H8N2O8S. The number of hydrogen-bond donors (Lipinski definition) is 2. The number of urea groups is 1.